The minimum atomic E-state index is -1.23. The Balaban J connectivity index is 2.57. The lowest BCUT2D eigenvalue weighted by atomic mass is 10.2. The Kier molecular flexibility index (Phi) is 5.85. The van der Waals surface area contributed by atoms with E-state index in [9.17, 15) is 14.4 Å². The van der Waals surface area contributed by atoms with Gasteiger partial charge in [-0.25, -0.2) is 4.79 Å². The molecule has 1 aromatic heterocycles. The van der Waals surface area contributed by atoms with Gasteiger partial charge in [-0.3, -0.25) is 9.59 Å². The maximum Gasteiger partial charge on any atom is 0.328 e. The summed E-state index contributed by atoms with van der Waals surface area (Å²) in [5.41, 5.74) is 0.0406. The average molecular weight is 299 g/mol. The van der Waals surface area contributed by atoms with Crippen LogP contribution >= 0.6 is 0 Å². The van der Waals surface area contributed by atoms with Crippen LogP contribution in [0.15, 0.2) is 10.6 Å². The lowest BCUT2D eigenvalue weighted by Gasteiger charge is -2.17. The van der Waals surface area contributed by atoms with E-state index in [0.29, 0.717) is 5.76 Å². The van der Waals surface area contributed by atoms with Crippen molar-refractivity contribution >= 4 is 17.8 Å². The molecule has 0 unspecified atom stereocenters. The zero-order chi connectivity index (χ0) is 16.0. The molecule has 0 radical (unpaired) electrons. The number of carboxylic acids is 1. The normalized spacial score (nSPS) is 13.3. The van der Waals surface area contributed by atoms with Crippen molar-refractivity contribution in [3.8, 4) is 0 Å². The predicted molar refractivity (Wildman–Crippen MR) is 69.6 cm³/mol. The second-order valence-corrected chi connectivity index (χ2v) is 4.37. The van der Waals surface area contributed by atoms with Gasteiger partial charge in [-0.1, -0.05) is 5.16 Å². The number of ether oxygens (including phenoxy) is 1. The van der Waals surface area contributed by atoms with Gasteiger partial charge in [0, 0.05) is 13.2 Å². The topological polar surface area (TPSA) is 131 Å². The smallest absolute Gasteiger partial charge is 0.328 e. The highest BCUT2D eigenvalue weighted by Crippen LogP contribution is 2.01. The van der Waals surface area contributed by atoms with Crippen molar-refractivity contribution in [1.29, 1.82) is 0 Å². The van der Waals surface area contributed by atoms with Crippen molar-refractivity contribution in [2.24, 2.45) is 0 Å². The van der Waals surface area contributed by atoms with Gasteiger partial charge in [-0.05, 0) is 13.8 Å². The Hall–Kier alpha value is -2.42. The van der Waals surface area contributed by atoms with E-state index in [1.807, 2.05) is 0 Å². The van der Waals surface area contributed by atoms with Gasteiger partial charge >= 0.3 is 5.97 Å². The first-order valence-electron chi connectivity index (χ1n) is 6.11. The minimum Gasteiger partial charge on any atom is -0.480 e. The monoisotopic (exact) mass is 299 g/mol. The van der Waals surface area contributed by atoms with Crippen LogP contribution in [0.2, 0.25) is 0 Å². The van der Waals surface area contributed by atoms with Crippen molar-refractivity contribution in [1.82, 2.24) is 15.8 Å². The molecule has 9 heteroatoms. The Morgan fingerprint density at radius 2 is 2.10 bits per heavy atom. The molecule has 3 N–H and O–H groups in total. The number of rotatable bonds is 7. The van der Waals surface area contributed by atoms with E-state index in [0.717, 1.165) is 0 Å². The Morgan fingerprint density at radius 3 is 2.57 bits per heavy atom. The van der Waals surface area contributed by atoms with E-state index in [-0.39, 0.29) is 12.3 Å². The second kappa shape index (κ2) is 7.39. The third-order valence-electron chi connectivity index (χ3n) is 2.55. The summed E-state index contributed by atoms with van der Waals surface area (Å²) >= 11 is 0. The average Bonchev–Trinajstić information content (AvgIpc) is 2.84. The molecule has 0 aliphatic heterocycles. The van der Waals surface area contributed by atoms with Crippen molar-refractivity contribution < 1.29 is 28.8 Å². The summed E-state index contributed by atoms with van der Waals surface area (Å²) < 4.78 is 9.44. The summed E-state index contributed by atoms with van der Waals surface area (Å²) in [6.07, 6.45) is 0. The minimum absolute atomic E-state index is 0.0406. The first-order chi connectivity index (χ1) is 9.85. The standard InChI is InChI=1S/C12H17N3O6/c1-6-4-8(15-21-6)11(17)13-7(2)10(16)14-9(5-20-3)12(18)19/h4,7,9H,5H2,1-3H3,(H,13,17)(H,14,16)(H,18,19)/t7-,9-/m0/s1. The van der Waals surface area contributed by atoms with Crippen LogP contribution in [0.1, 0.15) is 23.2 Å². The van der Waals surface area contributed by atoms with E-state index >= 15 is 0 Å². The van der Waals surface area contributed by atoms with Crippen LogP contribution in [0.3, 0.4) is 0 Å². The van der Waals surface area contributed by atoms with Crippen molar-refractivity contribution in [2.75, 3.05) is 13.7 Å². The summed E-state index contributed by atoms with van der Waals surface area (Å²) in [5, 5.41) is 17.1. The highest BCUT2D eigenvalue weighted by Gasteiger charge is 2.24. The molecule has 116 valence electrons. The third-order valence-corrected chi connectivity index (χ3v) is 2.55. The molecule has 1 rings (SSSR count). The fourth-order valence-corrected chi connectivity index (χ4v) is 1.45. The van der Waals surface area contributed by atoms with Crippen molar-refractivity contribution in [3.05, 3.63) is 17.5 Å². The Labute approximate surface area is 120 Å². The maximum atomic E-state index is 11.8. The number of hydrogen-bond donors (Lipinski definition) is 3. The van der Waals surface area contributed by atoms with Crippen LogP contribution in [0.5, 0.6) is 0 Å². The molecule has 0 bridgehead atoms. The van der Waals surface area contributed by atoms with E-state index in [1.165, 1.54) is 20.1 Å². The first kappa shape index (κ1) is 16.6. The summed E-state index contributed by atoms with van der Waals surface area (Å²) in [7, 11) is 1.32. The lowest BCUT2D eigenvalue weighted by Crippen LogP contribution is -2.51. The highest BCUT2D eigenvalue weighted by atomic mass is 16.5. The van der Waals surface area contributed by atoms with Crippen LogP contribution < -0.4 is 10.6 Å². The lowest BCUT2D eigenvalue weighted by molar-refractivity contribution is -0.143. The zero-order valence-electron chi connectivity index (χ0n) is 11.9. The van der Waals surface area contributed by atoms with E-state index in [4.69, 9.17) is 14.4 Å². The largest absolute Gasteiger partial charge is 0.480 e. The number of aromatic nitrogens is 1. The van der Waals surface area contributed by atoms with Crippen LogP contribution in [-0.2, 0) is 14.3 Å². The van der Waals surface area contributed by atoms with Gasteiger partial charge in [0.1, 0.15) is 11.8 Å². The van der Waals surface area contributed by atoms with Crippen LogP contribution in [-0.4, -0.2) is 53.8 Å². The number of methoxy groups -OCH3 is 1. The van der Waals surface area contributed by atoms with Crippen LogP contribution in [0.25, 0.3) is 0 Å². The van der Waals surface area contributed by atoms with Gasteiger partial charge < -0.3 is 25.0 Å². The molecule has 0 saturated carbocycles. The highest BCUT2D eigenvalue weighted by molar-refractivity contribution is 5.96. The number of carboxylic acid groups (broad SMARTS) is 1. The van der Waals surface area contributed by atoms with E-state index < -0.39 is 29.9 Å². The number of carbonyl (C=O) groups excluding carboxylic acids is 2. The van der Waals surface area contributed by atoms with Gasteiger partial charge in [0.05, 0.1) is 6.61 Å². The molecule has 9 nitrogen and oxygen atoms in total. The molecule has 0 aliphatic rings. The first-order valence-corrected chi connectivity index (χ1v) is 6.11. The predicted octanol–water partition coefficient (Wildman–Crippen LogP) is -0.683. The van der Waals surface area contributed by atoms with Gasteiger partial charge in [-0.2, -0.15) is 0 Å². The molecule has 0 saturated heterocycles. The Bertz CT molecular complexity index is 527. The molecule has 1 heterocycles. The molecule has 2 atom stereocenters. The molecule has 1 aromatic rings. The van der Waals surface area contributed by atoms with Crippen molar-refractivity contribution in [3.63, 3.8) is 0 Å². The maximum absolute atomic E-state index is 11.8. The van der Waals surface area contributed by atoms with E-state index in [1.54, 1.807) is 6.92 Å². The summed E-state index contributed by atoms with van der Waals surface area (Å²) in [6, 6.07) is -0.699. The fraction of sp³-hybridized carbons (Fsp3) is 0.500. The number of aliphatic carboxylic acids is 1. The molecule has 2 amide bonds. The molecule has 0 aromatic carbocycles. The molecule has 0 fully saturated rings. The van der Waals surface area contributed by atoms with Gasteiger partial charge in [0.2, 0.25) is 5.91 Å². The summed E-state index contributed by atoms with van der Waals surface area (Å²) in [5.74, 6) is -2.00. The number of nitrogens with zero attached hydrogens (tertiary/aromatic N) is 1. The zero-order valence-corrected chi connectivity index (χ0v) is 11.9. The molecule has 0 aliphatic carbocycles. The molecular formula is C12H17N3O6. The van der Waals surface area contributed by atoms with E-state index in [2.05, 4.69) is 15.8 Å². The summed E-state index contributed by atoms with van der Waals surface area (Å²) in [4.78, 5) is 34.5. The quantitative estimate of drug-likeness (QED) is 0.607. The number of aryl methyl sites for hydroxylation is 1. The van der Waals surface area contributed by atoms with Crippen LogP contribution in [0.4, 0.5) is 0 Å². The van der Waals surface area contributed by atoms with Crippen molar-refractivity contribution in [2.45, 2.75) is 25.9 Å². The van der Waals surface area contributed by atoms with Gasteiger partial charge in [0.15, 0.2) is 11.7 Å². The number of hydrogen-bond acceptors (Lipinski definition) is 6. The number of carbonyl (C=O) groups is 3. The molecule has 21 heavy (non-hydrogen) atoms. The number of nitrogens with one attached hydrogen (secondary N) is 2. The second-order valence-electron chi connectivity index (χ2n) is 4.37. The molecular weight excluding hydrogens is 282 g/mol. The van der Waals surface area contributed by atoms with Gasteiger partial charge in [0.25, 0.3) is 5.91 Å². The third kappa shape index (κ3) is 4.88. The molecule has 0 spiro atoms. The Morgan fingerprint density at radius 1 is 1.43 bits per heavy atom. The SMILES string of the molecule is COC[C@H](NC(=O)[C@H](C)NC(=O)c1cc(C)on1)C(=O)O. The fourth-order valence-electron chi connectivity index (χ4n) is 1.45. The van der Waals surface area contributed by atoms with Gasteiger partial charge in [-0.15, -0.1) is 0 Å². The summed E-state index contributed by atoms with van der Waals surface area (Å²) in [6.45, 7) is 2.87. The van der Waals surface area contributed by atoms with Crippen LogP contribution in [0, 0.1) is 6.92 Å². The number of amides is 2.